The third-order valence-corrected chi connectivity index (χ3v) is 3.38. The number of carbonyl (C=O) groups is 1. The van der Waals surface area contributed by atoms with Gasteiger partial charge in [-0.3, -0.25) is 9.36 Å². The molecule has 0 saturated heterocycles. The first-order valence-corrected chi connectivity index (χ1v) is 5.62. The predicted molar refractivity (Wildman–Crippen MR) is 52.0 cm³/mol. The number of carbonyl (C=O) groups excluding carboxylic acids is 1. The number of ether oxygens (including phenoxy) is 1. The van der Waals surface area contributed by atoms with Crippen LogP contribution in [0.2, 0.25) is 0 Å². The molecule has 0 bridgehead atoms. The lowest BCUT2D eigenvalue weighted by atomic mass is 10.5. The first-order chi connectivity index (χ1) is 6.50. The molecular formula is C8H15O5P. The van der Waals surface area contributed by atoms with Crippen molar-refractivity contribution in [2.75, 3.05) is 14.2 Å². The topological polar surface area (TPSA) is 61.8 Å². The maximum atomic E-state index is 11.8. The molecule has 0 saturated carbocycles. The fourth-order valence-electron chi connectivity index (χ4n) is 0.826. The molecular weight excluding hydrogens is 207 g/mol. The summed E-state index contributed by atoms with van der Waals surface area (Å²) in [6, 6.07) is 0. The third-order valence-electron chi connectivity index (χ3n) is 1.46. The van der Waals surface area contributed by atoms with E-state index in [0.29, 0.717) is 0 Å². The Kier molecular flexibility index (Phi) is 5.69. The number of rotatable bonds is 5. The third kappa shape index (κ3) is 3.62. The summed E-state index contributed by atoms with van der Waals surface area (Å²) in [5.41, 5.74) is 0. The Labute approximate surface area is 83.6 Å². The van der Waals surface area contributed by atoms with Crippen LogP contribution in [0.1, 0.15) is 13.8 Å². The van der Waals surface area contributed by atoms with Crippen LogP contribution in [0.25, 0.3) is 0 Å². The molecule has 6 heteroatoms. The van der Waals surface area contributed by atoms with Crippen LogP contribution in [0.5, 0.6) is 0 Å². The Balaban J connectivity index is 4.78. The lowest BCUT2D eigenvalue weighted by Crippen LogP contribution is -2.16. The molecule has 82 valence electrons. The summed E-state index contributed by atoms with van der Waals surface area (Å²) in [5.74, 6) is -1.53. The lowest BCUT2D eigenvalue weighted by Gasteiger charge is -2.20. The lowest BCUT2D eigenvalue weighted by molar-refractivity contribution is -0.141. The molecule has 5 nitrogen and oxygen atoms in total. The van der Waals surface area contributed by atoms with Gasteiger partial charge in [0.1, 0.15) is 0 Å². The monoisotopic (exact) mass is 222 g/mol. The maximum Gasteiger partial charge on any atom is 0.374 e. The smallest absolute Gasteiger partial charge is 0.374 e. The Hall–Kier alpha value is -0.640. The minimum Gasteiger partial charge on any atom is -0.445 e. The van der Waals surface area contributed by atoms with E-state index in [0.717, 1.165) is 0 Å². The number of hydrogen-bond acceptors (Lipinski definition) is 5. The van der Waals surface area contributed by atoms with Gasteiger partial charge in [0.25, 0.3) is 0 Å². The molecule has 14 heavy (non-hydrogen) atoms. The zero-order valence-corrected chi connectivity index (χ0v) is 9.61. The van der Waals surface area contributed by atoms with Gasteiger partial charge in [-0.15, -0.1) is 0 Å². The van der Waals surface area contributed by atoms with Crippen molar-refractivity contribution < 1.29 is 23.1 Å². The quantitative estimate of drug-likeness (QED) is 0.404. The van der Waals surface area contributed by atoms with E-state index in [1.54, 1.807) is 13.0 Å². The van der Waals surface area contributed by atoms with Gasteiger partial charge in [0.2, 0.25) is 5.85 Å². The van der Waals surface area contributed by atoms with Crippen molar-refractivity contribution in [3.05, 3.63) is 12.2 Å². The molecule has 0 aromatic rings. The van der Waals surface area contributed by atoms with Gasteiger partial charge in [-0.25, -0.2) is 0 Å². The van der Waals surface area contributed by atoms with Gasteiger partial charge < -0.3 is 13.8 Å². The van der Waals surface area contributed by atoms with Crippen molar-refractivity contribution in [3.8, 4) is 0 Å². The summed E-state index contributed by atoms with van der Waals surface area (Å²) in [7, 11) is -0.911. The first-order valence-electron chi connectivity index (χ1n) is 4.01. The summed E-state index contributed by atoms with van der Waals surface area (Å²) in [6.45, 7) is 2.94. The molecule has 0 radical (unpaired) electrons. The van der Waals surface area contributed by atoms with Crippen LogP contribution >= 0.6 is 7.60 Å². The highest BCUT2D eigenvalue weighted by atomic mass is 31.2. The van der Waals surface area contributed by atoms with E-state index >= 15 is 0 Å². The molecule has 0 aromatic carbocycles. The van der Waals surface area contributed by atoms with Crippen LogP contribution in [-0.4, -0.2) is 26.0 Å². The number of allylic oxidation sites excluding steroid dienone is 1. The molecule has 0 N–H and O–H groups in total. The minimum absolute atomic E-state index is 0.539. The van der Waals surface area contributed by atoms with Crippen molar-refractivity contribution in [1.82, 2.24) is 0 Å². The van der Waals surface area contributed by atoms with E-state index in [-0.39, 0.29) is 0 Å². The Bertz CT molecular complexity index is 252. The summed E-state index contributed by atoms with van der Waals surface area (Å²) in [4.78, 5) is 10.7. The van der Waals surface area contributed by atoms with E-state index in [9.17, 15) is 9.36 Å². The Morgan fingerprint density at radius 1 is 1.36 bits per heavy atom. The Morgan fingerprint density at radius 3 is 2.14 bits per heavy atom. The predicted octanol–water partition coefficient (Wildman–Crippen LogP) is 1.94. The van der Waals surface area contributed by atoms with Crippen LogP contribution < -0.4 is 0 Å². The normalized spacial score (nSPS) is 14.3. The van der Waals surface area contributed by atoms with Gasteiger partial charge >= 0.3 is 13.6 Å². The summed E-state index contributed by atoms with van der Waals surface area (Å²) >= 11 is 0. The van der Waals surface area contributed by atoms with Crippen LogP contribution in [0, 0.1) is 0 Å². The van der Waals surface area contributed by atoms with E-state index in [1.807, 2.05) is 0 Å². The van der Waals surface area contributed by atoms with E-state index in [2.05, 4.69) is 0 Å². The first kappa shape index (κ1) is 13.4. The van der Waals surface area contributed by atoms with Crippen molar-refractivity contribution in [2.45, 2.75) is 19.7 Å². The molecule has 0 rings (SSSR count). The minimum atomic E-state index is -3.39. The standard InChI is InChI=1S/C8H15O5P/c1-5-6-8(13-7(2)9)14(10,11-3)12-4/h5-6,8H,1-4H3/b6-5+. The molecule has 0 aromatic heterocycles. The van der Waals surface area contributed by atoms with Crippen molar-refractivity contribution in [3.63, 3.8) is 0 Å². The molecule has 0 fully saturated rings. The van der Waals surface area contributed by atoms with Gasteiger partial charge in [0.05, 0.1) is 0 Å². The molecule has 0 heterocycles. The highest BCUT2D eigenvalue weighted by molar-refractivity contribution is 7.54. The van der Waals surface area contributed by atoms with Crippen LogP contribution in [0.3, 0.4) is 0 Å². The zero-order chi connectivity index (χ0) is 11.2. The largest absolute Gasteiger partial charge is 0.445 e. The van der Waals surface area contributed by atoms with Gasteiger partial charge in [0.15, 0.2) is 0 Å². The number of hydrogen-bond donors (Lipinski definition) is 0. The van der Waals surface area contributed by atoms with Crippen LogP contribution in [0.15, 0.2) is 12.2 Å². The summed E-state index contributed by atoms with van der Waals surface area (Å²) in [6.07, 6.45) is 3.06. The fraction of sp³-hybridized carbons (Fsp3) is 0.625. The van der Waals surface area contributed by atoms with Crippen molar-refractivity contribution in [2.24, 2.45) is 0 Å². The second-order valence-electron chi connectivity index (χ2n) is 2.43. The number of esters is 1. The second kappa shape index (κ2) is 5.96. The molecule has 0 aliphatic carbocycles. The van der Waals surface area contributed by atoms with Crippen LogP contribution in [-0.2, 0) is 23.1 Å². The SMILES string of the molecule is C/C=C/C(OC(C)=O)P(=O)(OC)OC. The van der Waals surface area contributed by atoms with Crippen molar-refractivity contribution >= 4 is 13.6 Å². The molecule has 0 spiro atoms. The van der Waals surface area contributed by atoms with E-state index in [1.165, 1.54) is 27.2 Å². The van der Waals surface area contributed by atoms with Gasteiger partial charge in [-0.2, -0.15) is 0 Å². The average molecular weight is 222 g/mol. The van der Waals surface area contributed by atoms with Gasteiger partial charge in [-0.05, 0) is 13.0 Å². The van der Waals surface area contributed by atoms with Crippen LogP contribution in [0.4, 0.5) is 0 Å². The summed E-state index contributed by atoms with van der Waals surface area (Å²) in [5, 5.41) is 0. The fourth-order valence-corrected chi connectivity index (χ4v) is 2.05. The van der Waals surface area contributed by atoms with E-state index < -0.39 is 19.4 Å². The summed E-state index contributed by atoms with van der Waals surface area (Å²) < 4.78 is 26.0. The molecule has 0 amide bonds. The van der Waals surface area contributed by atoms with E-state index in [4.69, 9.17) is 13.8 Å². The molecule has 0 aliphatic rings. The highest BCUT2D eigenvalue weighted by Gasteiger charge is 2.34. The molecule has 1 atom stereocenters. The molecule has 0 aliphatic heterocycles. The van der Waals surface area contributed by atoms with Crippen molar-refractivity contribution in [1.29, 1.82) is 0 Å². The average Bonchev–Trinajstić information content (AvgIpc) is 2.15. The van der Waals surface area contributed by atoms with Gasteiger partial charge in [0, 0.05) is 21.1 Å². The maximum absolute atomic E-state index is 11.8. The van der Waals surface area contributed by atoms with Gasteiger partial charge in [-0.1, -0.05) is 6.08 Å². The second-order valence-corrected chi connectivity index (χ2v) is 4.75. The zero-order valence-electron chi connectivity index (χ0n) is 8.72. The molecule has 1 unspecified atom stereocenters. The Morgan fingerprint density at radius 2 is 1.86 bits per heavy atom. The highest BCUT2D eigenvalue weighted by Crippen LogP contribution is 2.52.